The second-order valence-corrected chi connectivity index (χ2v) is 7.94. The van der Waals surface area contributed by atoms with Gasteiger partial charge in [-0.15, -0.1) is 11.3 Å². The molecular weight excluding hydrogens is 395 g/mol. The number of thiophene rings is 1. The topological polar surface area (TPSA) is 72.0 Å². The van der Waals surface area contributed by atoms with E-state index in [2.05, 4.69) is 9.97 Å². The summed E-state index contributed by atoms with van der Waals surface area (Å²) in [6.45, 7) is 5.49. The monoisotopic (exact) mass is 410 g/mol. The molecule has 0 amide bonds. The van der Waals surface area contributed by atoms with Crippen LogP contribution in [-0.2, 0) is 16.0 Å². The van der Waals surface area contributed by atoms with E-state index in [4.69, 9.17) is 27.9 Å². The van der Waals surface area contributed by atoms with Crippen LogP contribution in [0.2, 0.25) is 10.0 Å². The molecule has 0 spiro atoms. The molecule has 2 aromatic heterocycles. The Morgan fingerprint density at radius 1 is 1.31 bits per heavy atom. The highest BCUT2D eigenvalue weighted by molar-refractivity contribution is 7.18. The van der Waals surface area contributed by atoms with Gasteiger partial charge in [0.15, 0.2) is 11.9 Å². The van der Waals surface area contributed by atoms with Crippen molar-refractivity contribution in [3.05, 3.63) is 60.4 Å². The highest BCUT2D eigenvalue weighted by Crippen LogP contribution is 2.28. The highest BCUT2D eigenvalue weighted by atomic mass is 35.5. The molecule has 0 aliphatic heterocycles. The van der Waals surface area contributed by atoms with Crippen molar-refractivity contribution in [2.75, 3.05) is 0 Å². The number of fused-ring (bicyclic) bond motifs is 1. The molecular formula is C18H16Cl2N2O3S. The SMILES string of the molecule is Cc1sc2nc([C@H](C)OC(=O)Cc3c(Cl)cccc3Cl)[nH]c(=O)c2c1C. The van der Waals surface area contributed by atoms with Gasteiger partial charge in [0.2, 0.25) is 0 Å². The highest BCUT2D eigenvalue weighted by Gasteiger charge is 2.19. The van der Waals surface area contributed by atoms with E-state index in [1.54, 1.807) is 25.1 Å². The zero-order chi connectivity index (χ0) is 19.0. The summed E-state index contributed by atoms with van der Waals surface area (Å²) in [5.74, 6) is -0.198. The van der Waals surface area contributed by atoms with Gasteiger partial charge in [-0.05, 0) is 38.5 Å². The van der Waals surface area contributed by atoms with Gasteiger partial charge in [-0.3, -0.25) is 9.59 Å². The Labute approximate surface area is 163 Å². The summed E-state index contributed by atoms with van der Waals surface area (Å²) < 4.78 is 5.41. The van der Waals surface area contributed by atoms with Crippen molar-refractivity contribution in [2.45, 2.75) is 33.3 Å². The quantitative estimate of drug-likeness (QED) is 0.629. The number of hydrogen-bond donors (Lipinski definition) is 1. The summed E-state index contributed by atoms with van der Waals surface area (Å²) in [6, 6.07) is 5.03. The largest absolute Gasteiger partial charge is 0.454 e. The molecule has 3 aromatic rings. The fourth-order valence-corrected chi connectivity index (χ4v) is 4.17. The average Bonchev–Trinajstić information content (AvgIpc) is 2.86. The predicted molar refractivity (Wildman–Crippen MR) is 104 cm³/mol. The normalized spacial score (nSPS) is 12.3. The van der Waals surface area contributed by atoms with E-state index >= 15 is 0 Å². The van der Waals surface area contributed by atoms with Crippen LogP contribution in [0.1, 0.15) is 34.9 Å². The van der Waals surface area contributed by atoms with Crippen molar-refractivity contribution in [3.63, 3.8) is 0 Å². The number of carbonyl (C=O) groups excluding carboxylic acids is 1. The molecule has 26 heavy (non-hydrogen) atoms. The summed E-state index contributed by atoms with van der Waals surface area (Å²) in [5.41, 5.74) is 1.20. The van der Waals surface area contributed by atoms with Gasteiger partial charge in [0, 0.05) is 20.5 Å². The number of aryl methyl sites for hydroxylation is 2. The minimum atomic E-state index is -0.705. The molecule has 3 rings (SSSR count). The number of nitrogens with zero attached hydrogens (tertiary/aromatic N) is 1. The lowest BCUT2D eigenvalue weighted by molar-refractivity contribution is -0.148. The van der Waals surface area contributed by atoms with Crippen molar-refractivity contribution in [2.24, 2.45) is 0 Å². The van der Waals surface area contributed by atoms with Crippen molar-refractivity contribution < 1.29 is 9.53 Å². The molecule has 8 heteroatoms. The molecule has 1 atom stereocenters. The fraction of sp³-hybridized carbons (Fsp3) is 0.278. The lowest BCUT2D eigenvalue weighted by Gasteiger charge is -2.13. The van der Waals surface area contributed by atoms with Crippen LogP contribution in [0.5, 0.6) is 0 Å². The van der Waals surface area contributed by atoms with E-state index in [1.165, 1.54) is 11.3 Å². The van der Waals surface area contributed by atoms with Gasteiger partial charge in [-0.25, -0.2) is 4.98 Å². The average molecular weight is 411 g/mol. The molecule has 0 saturated carbocycles. The molecule has 1 N–H and O–H groups in total. The third-order valence-electron chi connectivity index (χ3n) is 4.13. The standard InChI is InChI=1S/C18H16Cl2N2O3S/c1-8-10(3)26-18-15(8)17(24)21-16(22-18)9(2)25-14(23)7-11-12(19)5-4-6-13(11)20/h4-6,9H,7H2,1-3H3,(H,21,22,24)/t9-/m0/s1. The summed E-state index contributed by atoms with van der Waals surface area (Å²) in [6.07, 6.45) is -0.768. The van der Waals surface area contributed by atoms with E-state index < -0.39 is 12.1 Å². The molecule has 1 aromatic carbocycles. The molecule has 136 valence electrons. The van der Waals surface area contributed by atoms with E-state index in [-0.39, 0.29) is 12.0 Å². The van der Waals surface area contributed by atoms with Gasteiger partial charge in [-0.2, -0.15) is 0 Å². The van der Waals surface area contributed by atoms with Gasteiger partial charge in [0.05, 0.1) is 11.8 Å². The first-order chi connectivity index (χ1) is 12.3. The maximum Gasteiger partial charge on any atom is 0.311 e. The van der Waals surface area contributed by atoms with E-state index in [0.717, 1.165) is 10.4 Å². The lowest BCUT2D eigenvalue weighted by atomic mass is 10.1. The van der Waals surface area contributed by atoms with Gasteiger partial charge in [0.25, 0.3) is 5.56 Å². The van der Waals surface area contributed by atoms with Crippen LogP contribution in [0.25, 0.3) is 10.2 Å². The van der Waals surface area contributed by atoms with Gasteiger partial charge >= 0.3 is 5.97 Å². The van der Waals surface area contributed by atoms with Gasteiger partial charge < -0.3 is 9.72 Å². The summed E-state index contributed by atoms with van der Waals surface area (Å²) in [7, 11) is 0. The summed E-state index contributed by atoms with van der Waals surface area (Å²) in [5, 5.41) is 1.39. The number of ether oxygens (including phenoxy) is 1. The lowest BCUT2D eigenvalue weighted by Crippen LogP contribution is -2.18. The molecule has 0 unspecified atom stereocenters. The fourth-order valence-electron chi connectivity index (χ4n) is 2.60. The number of aromatic amines is 1. The predicted octanol–water partition coefficient (Wildman–Crippen LogP) is 4.76. The van der Waals surface area contributed by atoms with Gasteiger partial charge in [-0.1, -0.05) is 29.3 Å². The number of nitrogens with one attached hydrogen (secondary N) is 1. The number of benzene rings is 1. The molecule has 0 saturated heterocycles. The third-order valence-corrected chi connectivity index (χ3v) is 5.94. The Hall–Kier alpha value is -1.89. The molecule has 0 aliphatic rings. The van der Waals surface area contributed by atoms with Crippen molar-refractivity contribution in [1.82, 2.24) is 9.97 Å². The second kappa shape index (κ2) is 7.39. The first-order valence-corrected chi connectivity index (χ1v) is 9.47. The van der Waals surface area contributed by atoms with E-state index in [0.29, 0.717) is 31.6 Å². The first kappa shape index (κ1) is 18.9. The molecule has 0 radical (unpaired) electrons. The van der Waals surface area contributed by atoms with Crippen LogP contribution in [0, 0.1) is 13.8 Å². The van der Waals surface area contributed by atoms with E-state index in [1.807, 2.05) is 13.8 Å². The van der Waals surface area contributed by atoms with Crippen LogP contribution < -0.4 is 5.56 Å². The minimum Gasteiger partial charge on any atom is -0.454 e. The van der Waals surface area contributed by atoms with Crippen LogP contribution in [0.4, 0.5) is 0 Å². The number of hydrogen-bond acceptors (Lipinski definition) is 5. The number of carbonyl (C=O) groups is 1. The first-order valence-electron chi connectivity index (χ1n) is 7.90. The summed E-state index contributed by atoms with van der Waals surface area (Å²) >= 11 is 13.6. The third kappa shape index (κ3) is 3.63. The molecule has 2 heterocycles. The number of esters is 1. The minimum absolute atomic E-state index is 0.0630. The van der Waals surface area contributed by atoms with Crippen LogP contribution in [-0.4, -0.2) is 15.9 Å². The molecule has 0 bridgehead atoms. The maximum absolute atomic E-state index is 12.3. The Bertz CT molecular complexity index is 1040. The molecule has 0 aliphatic carbocycles. The Kier molecular flexibility index (Phi) is 5.37. The molecule has 5 nitrogen and oxygen atoms in total. The van der Waals surface area contributed by atoms with Crippen molar-refractivity contribution >= 4 is 50.7 Å². The zero-order valence-corrected chi connectivity index (χ0v) is 16.7. The maximum atomic E-state index is 12.3. The Balaban J connectivity index is 1.81. The van der Waals surface area contributed by atoms with Crippen LogP contribution in [0.3, 0.4) is 0 Å². The van der Waals surface area contributed by atoms with Crippen molar-refractivity contribution in [3.8, 4) is 0 Å². The smallest absolute Gasteiger partial charge is 0.311 e. The number of rotatable bonds is 4. The van der Waals surface area contributed by atoms with Crippen LogP contribution in [0.15, 0.2) is 23.0 Å². The Morgan fingerprint density at radius 3 is 2.62 bits per heavy atom. The van der Waals surface area contributed by atoms with Crippen molar-refractivity contribution in [1.29, 1.82) is 0 Å². The number of aromatic nitrogens is 2. The second-order valence-electron chi connectivity index (χ2n) is 5.92. The molecule has 0 fully saturated rings. The number of halogens is 2. The Morgan fingerprint density at radius 2 is 1.96 bits per heavy atom. The number of H-pyrrole nitrogens is 1. The van der Waals surface area contributed by atoms with Crippen LogP contribution >= 0.6 is 34.5 Å². The zero-order valence-electron chi connectivity index (χ0n) is 14.4. The summed E-state index contributed by atoms with van der Waals surface area (Å²) in [4.78, 5) is 33.4. The van der Waals surface area contributed by atoms with Gasteiger partial charge in [0.1, 0.15) is 4.83 Å². The van der Waals surface area contributed by atoms with E-state index in [9.17, 15) is 9.59 Å².